The summed E-state index contributed by atoms with van der Waals surface area (Å²) in [5, 5.41) is 10.5. The number of rotatable bonds is 7. The monoisotopic (exact) mass is 529 g/mol. The maximum absolute atomic E-state index is 14.5. The van der Waals surface area contributed by atoms with E-state index in [0.717, 1.165) is 10.8 Å². The Hall–Kier alpha value is -2.35. The number of aliphatic hydroxyl groups excluding tert-OH is 1. The van der Waals surface area contributed by atoms with E-state index in [0.29, 0.717) is 24.0 Å². The Morgan fingerprint density at radius 3 is 2.56 bits per heavy atom. The molecule has 4 atom stereocenters. The van der Waals surface area contributed by atoms with Crippen molar-refractivity contribution in [2.45, 2.75) is 96.3 Å². The van der Waals surface area contributed by atoms with Gasteiger partial charge in [-0.25, -0.2) is 14.2 Å². The summed E-state index contributed by atoms with van der Waals surface area (Å²) in [4.78, 5) is 50.9. The molecule has 1 aromatic heterocycles. The number of aliphatic hydroxyl groups is 1. The van der Waals surface area contributed by atoms with Gasteiger partial charge in [-0.15, -0.1) is 0 Å². The summed E-state index contributed by atoms with van der Waals surface area (Å²) < 4.78 is 32.9. The molecule has 0 bridgehead atoms. The lowest BCUT2D eigenvalue weighted by Gasteiger charge is -2.37. The van der Waals surface area contributed by atoms with Gasteiger partial charge in [-0.3, -0.25) is 14.2 Å². The lowest BCUT2D eigenvalue weighted by Crippen LogP contribution is -2.45. The number of halogens is 1. The summed E-state index contributed by atoms with van der Waals surface area (Å²) >= 11 is 0. The van der Waals surface area contributed by atoms with Crippen LogP contribution in [0.1, 0.15) is 53.2 Å². The molecule has 0 aliphatic carbocycles. The van der Waals surface area contributed by atoms with E-state index in [4.69, 9.17) is 13.9 Å². The van der Waals surface area contributed by atoms with Crippen LogP contribution in [0.5, 0.6) is 0 Å². The number of ether oxygens (including phenoxy) is 2. The predicted octanol–water partition coefficient (Wildman–Crippen LogP) is 1.33. The summed E-state index contributed by atoms with van der Waals surface area (Å²) in [5.41, 5.74) is -2.21. The Kier molecular flexibility index (Phi) is 8.28. The van der Waals surface area contributed by atoms with Gasteiger partial charge in [-0.05, 0) is 31.0 Å². The van der Waals surface area contributed by atoms with Crippen molar-refractivity contribution in [1.82, 2.24) is 14.0 Å². The van der Waals surface area contributed by atoms with Crippen molar-refractivity contribution >= 4 is 20.2 Å². The normalized spacial score (nSPS) is 24.8. The third kappa shape index (κ3) is 5.79. The molecule has 202 valence electrons. The maximum atomic E-state index is 14.5. The zero-order valence-corrected chi connectivity index (χ0v) is 22.7. The average Bonchev–Trinajstić information content (AvgIpc) is 3.41. The van der Waals surface area contributed by atoms with Gasteiger partial charge in [0.2, 0.25) is 11.7 Å². The Morgan fingerprint density at radius 2 is 1.94 bits per heavy atom. The fourth-order valence-corrected chi connectivity index (χ4v) is 5.08. The van der Waals surface area contributed by atoms with Crippen LogP contribution in [0.3, 0.4) is 0 Å². The van der Waals surface area contributed by atoms with Gasteiger partial charge < -0.3 is 23.9 Å². The number of aromatic nitrogens is 2. The predicted molar refractivity (Wildman–Crippen MR) is 129 cm³/mol. The minimum absolute atomic E-state index is 0.0154. The van der Waals surface area contributed by atoms with Crippen LogP contribution in [0.4, 0.5) is 4.39 Å². The van der Waals surface area contributed by atoms with Gasteiger partial charge in [0.05, 0.1) is 18.9 Å². The summed E-state index contributed by atoms with van der Waals surface area (Å²) in [6.45, 7) is 11.4. The molecule has 36 heavy (non-hydrogen) atoms. The molecule has 1 aromatic rings. The third-order valence-corrected chi connectivity index (χ3v) is 11.8. The fourth-order valence-electron chi connectivity index (χ4n) is 4.06. The zero-order valence-electron chi connectivity index (χ0n) is 21.7. The van der Waals surface area contributed by atoms with E-state index in [-0.39, 0.29) is 24.0 Å². The molecular weight excluding hydrogens is 493 g/mol. The lowest BCUT2D eigenvalue weighted by molar-refractivity contribution is -0.156. The summed E-state index contributed by atoms with van der Waals surface area (Å²) in [6.07, 6.45) is -1.02. The first kappa shape index (κ1) is 28.2. The van der Waals surface area contributed by atoms with E-state index in [1.807, 2.05) is 0 Å². The maximum Gasteiger partial charge on any atom is 0.336 e. The van der Waals surface area contributed by atoms with E-state index in [1.165, 1.54) is 11.8 Å². The average molecular weight is 530 g/mol. The largest absolute Gasteiger partial charge is 0.442 e. The van der Waals surface area contributed by atoms with Crippen molar-refractivity contribution in [2.24, 2.45) is 0 Å². The summed E-state index contributed by atoms with van der Waals surface area (Å²) in [5.74, 6) is -2.31. The lowest BCUT2D eigenvalue weighted by atomic mass is 10.2. The van der Waals surface area contributed by atoms with E-state index in [2.05, 4.69) is 33.9 Å². The molecule has 11 nitrogen and oxygen atoms in total. The first-order chi connectivity index (χ1) is 16.6. The summed E-state index contributed by atoms with van der Waals surface area (Å²) in [7, 11) is -2.12. The first-order valence-corrected chi connectivity index (χ1v) is 15.0. The molecule has 2 aliphatic rings. The first-order valence-electron chi connectivity index (χ1n) is 12.1. The topological polar surface area (TPSA) is 129 Å². The second kappa shape index (κ2) is 10.6. The highest BCUT2D eigenvalue weighted by Crippen LogP contribution is 2.37. The van der Waals surface area contributed by atoms with Crippen molar-refractivity contribution in [3.05, 3.63) is 32.9 Å². The Bertz CT molecular complexity index is 1110. The van der Waals surface area contributed by atoms with Gasteiger partial charge in [0.1, 0.15) is 18.4 Å². The number of nitrogens with zero attached hydrogens (tertiary/aromatic N) is 3. The van der Waals surface area contributed by atoms with Crippen molar-refractivity contribution in [1.29, 1.82) is 0 Å². The van der Waals surface area contributed by atoms with Gasteiger partial charge >= 0.3 is 11.7 Å². The van der Waals surface area contributed by atoms with Gasteiger partial charge in [-0.1, -0.05) is 20.8 Å². The van der Waals surface area contributed by atoms with Crippen LogP contribution >= 0.6 is 0 Å². The van der Waals surface area contributed by atoms with Crippen molar-refractivity contribution < 1.29 is 33.0 Å². The highest BCUT2D eigenvalue weighted by molar-refractivity contribution is 6.74. The van der Waals surface area contributed by atoms with Crippen LogP contribution in [-0.4, -0.2) is 70.7 Å². The highest BCUT2D eigenvalue weighted by Gasteiger charge is 2.41. The van der Waals surface area contributed by atoms with Crippen LogP contribution in [-0.2, 0) is 30.2 Å². The van der Waals surface area contributed by atoms with Gasteiger partial charge in [0.15, 0.2) is 15.0 Å². The molecule has 2 saturated heterocycles. The molecule has 2 fully saturated rings. The van der Waals surface area contributed by atoms with Crippen LogP contribution in [0.15, 0.2) is 15.8 Å². The SMILES string of the molecule is CC(=O)N1CCC[C@H]1C(=O)OCn1c(=O)c(F)cn([C@H]2C[C@H](O)[C@@H](CO[Si](C)(C)C(C)(C)C)O2)c1=O. The molecule has 0 spiro atoms. The number of carbonyl (C=O) groups is 2. The molecule has 0 unspecified atom stereocenters. The molecule has 1 amide bonds. The smallest absolute Gasteiger partial charge is 0.336 e. The van der Waals surface area contributed by atoms with E-state index in [9.17, 15) is 28.7 Å². The molecule has 1 N–H and O–H groups in total. The Labute approximate surface area is 209 Å². The minimum Gasteiger partial charge on any atom is -0.442 e. The van der Waals surface area contributed by atoms with Gasteiger partial charge in [-0.2, -0.15) is 4.39 Å². The molecule has 0 radical (unpaired) electrons. The molecule has 3 rings (SSSR count). The number of carbonyl (C=O) groups excluding carboxylic acids is 2. The van der Waals surface area contributed by atoms with Crippen molar-refractivity contribution in [3.63, 3.8) is 0 Å². The quantitative estimate of drug-likeness (QED) is 0.414. The Balaban J connectivity index is 1.74. The van der Waals surface area contributed by atoms with E-state index < -0.39 is 62.6 Å². The minimum atomic E-state index is -2.12. The standard InChI is InChI=1S/C23H36FN3O8Si/c1-14(28)25-9-7-8-16(25)21(31)33-13-27-20(30)15(24)11-26(22(27)32)19-10-17(29)18(35-19)12-34-36(5,6)23(2,3)4/h11,16-19,29H,7-10,12-13H2,1-6H3/t16-,17-,18+,19+/m0/s1. The van der Waals surface area contributed by atoms with Crippen LogP contribution < -0.4 is 11.2 Å². The van der Waals surface area contributed by atoms with E-state index >= 15 is 0 Å². The van der Waals surface area contributed by atoms with Crippen LogP contribution in [0, 0.1) is 5.82 Å². The molecule has 2 aliphatic heterocycles. The van der Waals surface area contributed by atoms with Crippen molar-refractivity contribution in [3.8, 4) is 0 Å². The number of hydrogen-bond acceptors (Lipinski definition) is 8. The molecule has 13 heteroatoms. The number of likely N-dealkylation sites (tertiary alicyclic amines) is 1. The van der Waals surface area contributed by atoms with E-state index in [1.54, 1.807) is 0 Å². The van der Waals surface area contributed by atoms with Gasteiger partial charge in [0.25, 0.3) is 5.56 Å². The molecule has 0 aromatic carbocycles. The molecule has 3 heterocycles. The third-order valence-electron chi connectivity index (χ3n) is 7.35. The zero-order chi connectivity index (χ0) is 27.0. The molecule has 0 saturated carbocycles. The van der Waals surface area contributed by atoms with Gasteiger partial charge in [0, 0.05) is 19.9 Å². The summed E-state index contributed by atoms with van der Waals surface area (Å²) in [6, 6.07) is -0.816. The highest BCUT2D eigenvalue weighted by atomic mass is 28.4. The van der Waals surface area contributed by atoms with Crippen LogP contribution in [0.2, 0.25) is 18.1 Å². The second-order valence-corrected chi connectivity index (χ2v) is 15.7. The fraction of sp³-hybridized carbons (Fsp3) is 0.739. The van der Waals surface area contributed by atoms with Crippen molar-refractivity contribution in [2.75, 3.05) is 13.2 Å². The second-order valence-electron chi connectivity index (χ2n) is 10.9. The Morgan fingerprint density at radius 1 is 1.28 bits per heavy atom. The number of amides is 1. The molecular formula is C23H36FN3O8Si. The number of esters is 1. The van der Waals surface area contributed by atoms with Crippen LogP contribution in [0.25, 0.3) is 0 Å². The number of hydrogen-bond donors (Lipinski definition) is 1.